The number of fused-ring (bicyclic) bond motifs is 2. The number of hydrogen-bond donors (Lipinski definition) is 0. The van der Waals surface area contributed by atoms with Crippen molar-refractivity contribution in [2.45, 2.75) is 61.0 Å². The molecule has 9 nitrogen and oxygen atoms in total. The van der Waals surface area contributed by atoms with Crippen molar-refractivity contribution in [1.29, 1.82) is 0 Å². The molecule has 0 heterocycles. The molecule has 234 valence electrons. The first kappa shape index (κ1) is 32.3. The molecule has 4 aromatic carbocycles. The van der Waals surface area contributed by atoms with Crippen LogP contribution in [0, 0.1) is 19.7 Å². The highest BCUT2D eigenvalue weighted by Gasteiger charge is 2.33. The number of aryl methyl sites for hydroxylation is 2. The fourth-order valence-corrected chi connectivity index (χ4v) is 7.59. The van der Waals surface area contributed by atoms with E-state index in [1.54, 1.807) is 30.3 Å². The summed E-state index contributed by atoms with van der Waals surface area (Å²) in [5.41, 5.74) is 14.4. The van der Waals surface area contributed by atoms with Crippen molar-refractivity contribution in [3.8, 4) is 0 Å². The molecular weight excluding hydrogens is 618 g/mol. The van der Waals surface area contributed by atoms with Crippen LogP contribution in [0.2, 0.25) is 0 Å². The molecule has 0 saturated heterocycles. The molecule has 0 bridgehead atoms. The summed E-state index contributed by atoms with van der Waals surface area (Å²) in [4.78, 5) is 2.90. The zero-order valence-electron chi connectivity index (χ0n) is 24.7. The van der Waals surface area contributed by atoms with Crippen molar-refractivity contribution in [3.63, 3.8) is 0 Å². The van der Waals surface area contributed by atoms with Crippen LogP contribution in [0.3, 0.4) is 0 Å². The van der Waals surface area contributed by atoms with E-state index in [-0.39, 0.29) is 22.6 Å². The van der Waals surface area contributed by atoms with E-state index < -0.39 is 50.7 Å². The molecule has 0 saturated carbocycles. The Morgan fingerprint density at radius 1 is 0.844 bits per heavy atom. The standard InChI is InChI=1S/C33H32FN3O6S2/c1-22-7-14-28(15-8-22)44(38,39)42-21-27(43-45(40,41)29-16-9-23(2)10-17-29)13-18-31-30-6-4-3-5-24(30)19-25-11-12-26(34)20-32(25)33(31)36-37-35/h3-12,14-17,20,27,31,33H,13,18-19,21H2,1-2H3/t27-,31-,33+/m1/s1. The molecule has 0 aromatic heterocycles. The second-order valence-electron chi connectivity index (χ2n) is 11.1. The Balaban J connectivity index is 1.48. The van der Waals surface area contributed by atoms with Crippen LogP contribution in [0.25, 0.3) is 10.4 Å². The maximum atomic E-state index is 14.5. The number of nitrogens with zero attached hydrogens (tertiary/aromatic N) is 3. The molecule has 0 fully saturated rings. The van der Waals surface area contributed by atoms with Crippen LogP contribution in [0.1, 0.15) is 58.2 Å². The first-order valence-corrected chi connectivity index (χ1v) is 17.1. The van der Waals surface area contributed by atoms with Gasteiger partial charge in [0.15, 0.2) is 0 Å². The predicted octanol–water partition coefficient (Wildman–Crippen LogP) is 7.44. The minimum Gasteiger partial charge on any atom is -0.264 e. The Labute approximate surface area is 262 Å². The molecule has 12 heteroatoms. The van der Waals surface area contributed by atoms with Crippen LogP contribution in [0.15, 0.2) is 106 Å². The lowest BCUT2D eigenvalue weighted by atomic mass is 9.83. The van der Waals surface area contributed by atoms with Crippen LogP contribution in [-0.2, 0) is 35.0 Å². The molecule has 0 spiro atoms. The van der Waals surface area contributed by atoms with Crippen molar-refractivity contribution in [3.05, 3.63) is 141 Å². The van der Waals surface area contributed by atoms with Crippen LogP contribution >= 0.6 is 0 Å². The average molecular weight is 650 g/mol. The van der Waals surface area contributed by atoms with Gasteiger partial charge >= 0.3 is 0 Å². The van der Waals surface area contributed by atoms with Gasteiger partial charge in [0.1, 0.15) is 11.9 Å². The third-order valence-electron chi connectivity index (χ3n) is 7.91. The molecule has 0 N–H and O–H groups in total. The summed E-state index contributed by atoms with van der Waals surface area (Å²) in [5.74, 6) is -0.973. The summed E-state index contributed by atoms with van der Waals surface area (Å²) in [6, 6.07) is 23.3. The summed E-state index contributed by atoms with van der Waals surface area (Å²) in [6.45, 7) is 3.05. The molecule has 3 atom stereocenters. The van der Waals surface area contributed by atoms with Gasteiger partial charge in [0.2, 0.25) is 0 Å². The number of halogens is 1. The van der Waals surface area contributed by atoms with Crippen molar-refractivity contribution in [2.24, 2.45) is 5.11 Å². The minimum atomic E-state index is -4.32. The van der Waals surface area contributed by atoms with E-state index in [0.29, 0.717) is 12.0 Å². The fraction of sp³-hybridized carbons (Fsp3) is 0.273. The van der Waals surface area contributed by atoms with Crippen molar-refractivity contribution >= 4 is 20.2 Å². The Morgan fingerprint density at radius 2 is 1.44 bits per heavy atom. The Hall–Kier alpha value is -4.06. The lowest BCUT2D eigenvalue weighted by Gasteiger charge is -2.26. The first-order chi connectivity index (χ1) is 21.5. The highest BCUT2D eigenvalue weighted by atomic mass is 32.2. The second-order valence-corrected chi connectivity index (χ2v) is 14.3. The summed E-state index contributed by atoms with van der Waals surface area (Å²) in [5, 5.41) is 4.07. The fourth-order valence-electron chi connectivity index (χ4n) is 5.57. The summed E-state index contributed by atoms with van der Waals surface area (Å²) < 4.78 is 78.1. The molecule has 1 aliphatic rings. The van der Waals surface area contributed by atoms with E-state index in [0.717, 1.165) is 27.8 Å². The lowest BCUT2D eigenvalue weighted by molar-refractivity contribution is 0.125. The Morgan fingerprint density at radius 3 is 2.09 bits per heavy atom. The van der Waals surface area contributed by atoms with Gasteiger partial charge in [0, 0.05) is 4.91 Å². The maximum Gasteiger partial charge on any atom is 0.297 e. The molecule has 0 radical (unpaired) electrons. The Bertz CT molecular complexity index is 1940. The van der Waals surface area contributed by atoms with E-state index in [1.165, 1.54) is 36.4 Å². The smallest absolute Gasteiger partial charge is 0.264 e. The largest absolute Gasteiger partial charge is 0.297 e. The third kappa shape index (κ3) is 7.61. The molecule has 0 aliphatic heterocycles. The van der Waals surface area contributed by atoms with E-state index >= 15 is 0 Å². The highest BCUT2D eigenvalue weighted by Crippen LogP contribution is 2.44. The van der Waals surface area contributed by atoms with E-state index in [2.05, 4.69) is 10.0 Å². The van der Waals surface area contributed by atoms with Gasteiger partial charge in [-0.1, -0.05) is 70.8 Å². The summed E-state index contributed by atoms with van der Waals surface area (Å²) >= 11 is 0. The average Bonchev–Trinajstić information content (AvgIpc) is 3.13. The monoisotopic (exact) mass is 649 g/mol. The molecule has 0 unspecified atom stereocenters. The lowest BCUT2D eigenvalue weighted by Crippen LogP contribution is -2.27. The zero-order valence-corrected chi connectivity index (χ0v) is 26.3. The van der Waals surface area contributed by atoms with Crippen LogP contribution < -0.4 is 0 Å². The number of rotatable bonds is 11. The summed E-state index contributed by atoms with van der Waals surface area (Å²) in [6.07, 6.45) is -0.529. The van der Waals surface area contributed by atoms with Crippen molar-refractivity contribution in [2.75, 3.05) is 6.61 Å². The van der Waals surface area contributed by atoms with E-state index in [9.17, 15) is 26.8 Å². The van der Waals surface area contributed by atoms with E-state index in [1.807, 2.05) is 38.1 Å². The van der Waals surface area contributed by atoms with Crippen LogP contribution in [0.5, 0.6) is 0 Å². The zero-order chi connectivity index (χ0) is 32.2. The van der Waals surface area contributed by atoms with E-state index in [4.69, 9.17) is 8.37 Å². The van der Waals surface area contributed by atoms with Crippen molar-refractivity contribution in [1.82, 2.24) is 0 Å². The molecule has 4 aromatic rings. The number of azide groups is 1. The first-order valence-electron chi connectivity index (χ1n) is 14.3. The van der Waals surface area contributed by atoms with Gasteiger partial charge in [-0.2, -0.15) is 16.8 Å². The second kappa shape index (κ2) is 13.5. The quantitative estimate of drug-likeness (QED) is 0.0717. The van der Waals surface area contributed by atoms with Gasteiger partial charge in [-0.05, 0) is 103 Å². The highest BCUT2D eigenvalue weighted by molar-refractivity contribution is 7.87. The molecule has 5 rings (SSSR count). The van der Waals surface area contributed by atoms with Gasteiger partial charge in [0.05, 0.1) is 22.4 Å². The van der Waals surface area contributed by atoms with Gasteiger partial charge in [-0.3, -0.25) is 8.37 Å². The molecular formula is C33H32FN3O6S2. The minimum absolute atomic E-state index is 0.00953. The van der Waals surface area contributed by atoms with Gasteiger partial charge < -0.3 is 0 Å². The van der Waals surface area contributed by atoms with Gasteiger partial charge in [0.25, 0.3) is 20.2 Å². The van der Waals surface area contributed by atoms with Crippen LogP contribution in [0.4, 0.5) is 4.39 Å². The van der Waals surface area contributed by atoms with Crippen molar-refractivity contribution < 1.29 is 29.6 Å². The molecule has 1 aliphatic carbocycles. The SMILES string of the molecule is Cc1ccc(S(=O)(=O)OC[C@@H](CC[C@@H]2c3ccccc3Cc3ccc(F)cc3[C@H]2N=[N+]=[N-])OS(=O)(=O)c2ccc(C)cc2)cc1. The maximum absolute atomic E-state index is 14.5. The normalized spacial score (nSPS) is 17.0. The summed E-state index contributed by atoms with van der Waals surface area (Å²) in [7, 11) is -8.56. The van der Waals surface area contributed by atoms with Crippen LogP contribution in [-0.4, -0.2) is 29.5 Å². The molecule has 45 heavy (non-hydrogen) atoms. The molecule has 0 amide bonds. The third-order valence-corrected chi connectivity index (χ3v) is 10.6. The number of hydrogen-bond acceptors (Lipinski definition) is 7. The predicted molar refractivity (Wildman–Crippen MR) is 167 cm³/mol. The Kier molecular flexibility index (Phi) is 9.71. The van der Waals surface area contributed by atoms with Gasteiger partial charge in [-0.25, -0.2) is 4.39 Å². The van der Waals surface area contributed by atoms with Gasteiger partial charge in [-0.15, -0.1) is 0 Å². The topological polar surface area (TPSA) is 136 Å². The number of benzene rings is 4.